The monoisotopic (exact) mass is 388 g/mol. The SMILES string of the molecule is [C-]#[N+]N1C(=O)c2c(F)c(F)c3c4c(c(F)c(F)c(c24)C1=O)C(=O)N(C#N)C3=O. The highest BCUT2D eigenvalue weighted by atomic mass is 19.2. The lowest BCUT2D eigenvalue weighted by Gasteiger charge is -2.27. The van der Waals surface area contributed by atoms with Gasteiger partial charge in [0.25, 0.3) is 11.8 Å². The molecule has 0 spiro atoms. The van der Waals surface area contributed by atoms with Crippen molar-refractivity contribution in [3.8, 4) is 6.19 Å². The van der Waals surface area contributed by atoms with Crippen LogP contribution in [0.2, 0.25) is 0 Å². The zero-order chi connectivity index (χ0) is 20.7. The topological polar surface area (TPSA) is 103 Å². The smallest absolute Gasteiger partial charge is 0.267 e. The maximum absolute atomic E-state index is 14.6. The average molecular weight is 388 g/mol. The summed E-state index contributed by atoms with van der Waals surface area (Å²) in [6, 6.07) is 0. The summed E-state index contributed by atoms with van der Waals surface area (Å²) in [7, 11) is 0. The van der Waals surface area contributed by atoms with E-state index in [1.54, 1.807) is 0 Å². The van der Waals surface area contributed by atoms with Crippen molar-refractivity contribution in [2.45, 2.75) is 0 Å². The van der Waals surface area contributed by atoms with E-state index in [0.29, 0.717) is 0 Å². The van der Waals surface area contributed by atoms with Gasteiger partial charge in [0.05, 0.1) is 22.3 Å². The van der Waals surface area contributed by atoms with E-state index >= 15 is 0 Å². The lowest BCUT2D eigenvalue weighted by molar-refractivity contribution is 0.0649. The van der Waals surface area contributed by atoms with Crippen LogP contribution in [-0.4, -0.2) is 33.5 Å². The highest BCUT2D eigenvalue weighted by Gasteiger charge is 2.49. The number of nitriles is 1. The van der Waals surface area contributed by atoms with E-state index in [2.05, 4.69) is 4.95 Å². The Bertz CT molecular complexity index is 1140. The van der Waals surface area contributed by atoms with Gasteiger partial charge >= 0.3 is 11.8 Å². The number of rotatable bonds is 0. The Kier molecular flexibility index (Phi) is 3.12. The maximum atomic E-state index is 14.6. The van der Waals surface area contributed by atoms with Crippen LogP contribution in [0.5, 0.6) is 0 Å². The summed E-state index contributed by atoms with van der Waals surface area (Å²) in [4.78, 5) is 51.2. The van der Waals surface area contributed by atoms with Crippen molar-refractivity contribution >= 4 is 34.4 Å². The number of benzene rings is 2. The van der Waals surface area contributed by atoms with Crippen molar-refractivity contribution in [3.63, 3.8) is 0 Å². The molecule has 2 aromatic carbocycles. The normalized spacial score (nSPS) is 15.2. The molecule has 0 aromatic heterocycles. The van der Waals surface area contributed by atoms with E-state index in [4.69, 9.17) is 11.8 Å². The van der Waals surface area contributed by atoms with Crippen molar-refractivity contribution < 1.29 is 36.7 Å². The predicted molar refractivity (Wildman–Crippen MR) is 77.0 cm³/mol. The van der Waals surface area contributed by atoms with Gasteiger partial charge in [-0.2, -0.15) is 16.7 Å². The summed E-state index contributed by atoms with van der Waals surface area (Å²) in [5, 5.41) is 6.53. The first-order valence-electron chi connectivity index (χ1n) is 7.09. The van der Waals surface area contributed by atoms with Crippen LogP contribution in [0.3, 0.4) is 0 Å². The Morgan fingerprint density at radius 1 is 0.714 bits per heavy atom. The van der Waals surface area contributed by atoms with Crippen molar-refractivity contribution in [1.29, 1.82) is 5.26 Å². The van der Waals surface area contributed by atoms with Crippen LogP contribution in [0.15, 0.2) is 0 Å². The zero-order valence-electron chi connectivity index (χ0n) is 12.9. The molecule has 8 nitrogen and oxygen atoms in total. The summed E-state index contributed by atoms with van der Waals surface area (Å²) >= 11 is 0. The molecule has 12 heteroatoms. The average Bonchev–Trinajstić information content (AvgIpc) is 2.64. The van der Waals surface area contributed by atoms with Gasteiger partial charge in [-0.25, -0.2) is 17.6 Å². The van der Waals surface area contributed by atoms with Gasteiger partial charge in [-0.1, -0.05) is 0 Å². The third kappa shape index (κ3) is 1.62. The Hall–Kier alpha value is -4.32. The van der Waals surface area contributed by atoms with E-state index in [0.717, 1.165) is 6.19 Å². The molecule has 0 aliphatic carbocycles. The van der Waals surface area contributed by atoms with Gasteiger partial charge in [-0.05, 0) is 0 Å². The summed E-state index contributed by atoms with van der Waals surface area (Å²) in [5.74, 6) is -14.8. The Balaban J connectivity index is 2.39. The molecule has 2 heterocycles. The number of imide groups is 2. The number of halogens is 4. The second kappa shape index (κ2) is 5.11. The Morgan fingerprint density at radius 3 is 1.32 bits per heavy atom. The summed E-state index contributed by atoms with van der Waals surface area (Å²) < 4.78 is 58.3. The fraction of sp³-hybridized carbons (Fsp3) is 0. The molecule has 4 rings (SSSR count). The molecule has 2 aliphatic heterocycles. The molecule has 136 valence electrons. The van der Waals surface area contributed by atoms with Crippen LogP contribution in [0.4, 0.5) is 17.6 Å². The lowest BCUT2D eigenvalue weighted by atomic mass is 9.85. The second-order valence-electron chi connectivity index (χ2n) is 5.57. The molecule has 0 saturated carbocycles. The van der Waals surface area contributed by atoms with Crippen LogP contribution in [0, 0.1) is 41.3 Å². The second-order valence-corrected chi connectivity index (χ2v) is 5.57. The van der Waals surface area contributed by atoms with E-state index in [1.165, 1.54) is 0 Å². The van der Waals surface area contributed by atoms with E-state index in [-0.39, 0.29) is 9.91 Å². The maximum Gasteiger partial charge on any atom is 0.335 e. The summed E-state index contributed by atoms with van der Waals surface area (Å²) in [6.45, 7) is 6.81. The third-order valence-corrected chi connectivity index (χ3v) is 4.36. The molecule has 28 heavy (non-hydrogen) atoms. The third-order valence-electron chi connectivity index (χ3n) is 4.36. The molecule has 2 aromatic rings. The molecule has 4 amide bonds. The number of carbonyl (C=O) groups excluding carboxylic acids is 4. The quantitative estimate of drug-likeness (QED) is 0.297. The van der Waals surface area contributed by atoms with E-state index in [1.807, 2.05) is 0 Å². The van der Waals surface area contributed by atoms with Crippen LogP contribution in [-0.2, 0) is 0 Å². The highest BCUT2D eigenvalue weighted by molar-refractivity contribution is 6.34. The first kappa shape index (κ1) is 17.1. The summed E-state index contributed by atoms with van der Waals surface area (Å²) in [6.07, 6.45) is 1.05. The van der Waals surface area contributed by atoms with Crippen molar-refractivity contribution in [2.75, 3.05) is 0 Å². The highest BCUT2D eigenvalue weighted by Crippen LogP contribution is 2.43. The lowest BCUT2D eigenvalue weighted by Crippen LogP contribution is -2.42. The molecule has 2 aliphatic rings. The fourth-order valence-electron chi connectivity index (χ4n) is 3.23. The van der Waals surface area contributed by atoms with Gasteiger partial charge in [-0.15, -0.1) is 4.95 Å². The van der Waals surface area contributed by atoms with Gasteiger partial charge in [0.2, 0.25) is 0 Å². The van der Waals surface area contributed by atoms with Crippen LogP contribution in [0.1, 0.15) is 41.4 Å². The van der Waals surface area contributed by atoms with E-state index < -0.39 is 79.9 Å². The number of amides is 4. The van der Waals surface area contributed by atoms with E-state index in [9.17, 15) is 36.7 Å². The Labute approximate surface area is 150 Å². The van der Waals surface area contributed by atoms with Crippen molar-refractivity contribution in [2.24, 2.45) is 0 Å². The zero-order valence-corrected chi connectivity index (χ0v) is 12.9. The van der Waals surface area contributed by atoms with Gasteiger partial charge in [0.15, 0.2) is 29.5 Å². The number of carbonyl (C=O) groups is 4. The first-order chi connectivity index (χ1) is 13.2. The summed E-state index contributed by atoms with van der Waals surface area (Å²) in [5.41, 5.74) is -5.25. The largest absolute Gasteiger partial charge is 0.335 e. The van der Waals surface area contributed by atoms with Crippen molar-refractivity contribution in [3.05, 3.63) is 57.0 Å². The fourth-order valence-corrected chi connectivity index (χ4v) is 3.23. The van der Waals surface area contributed by atoms with Gasteiger partial charge in [0, 0.05) is 15.8 Å². The molecule has 0 atom stereocenters. The molecule has 0 saturated heterocycles. The minimum atomic E-state index is -2.02. The number of hydrogen-bond acceptors (Lipinski definition) is 5. The minimum Gasteiger partial charge on any atom is -0.267 e. The molecule has 0 N–H and O–H groups in total. The molecule has 0 radical (unpaired) electrons. The Morgan fingerprint density at radius 2 is 1.04 bits per heavy atom. The molecule has 0 bridgehead atoms. The van der Waals surface area contributed by atoms with Gasteiger partial charge in [-0.3, -0.25) is 19.2 Å². The minimum absolute atomic E-state index is 0.317. The standard InChI is InChI=1S/C16F4N4O4/c1-22-24-15(27)7-4-3-5(9(17)11(7)19)13(25)23(2-21)14(26)6(3)10(18)12(20)8(4)16(24)28. The molecular formula is C16F4N4O4. The van der Waals surface area contributed by atoms with Gasteiger partial charge < -0.3 is 0 Å². The predicted octanol–water partition coefficient (Wildman–Crippen LogP) is 1.90. The van der Waals surface area contributed by atoms with Gasteiger partial charge in [0.1, 0.15) is 0 Å². The number of hydrogen-bond donors (Lipinski definition) is 0. The van der Waals surface area contributed by atoms with Crippen molar-refractivity contribution in [1.82, 2.24) is 9.91 Å². The first-order valence-corrected chi connectivity index (χ1v) is 7.09. The number of nitrogens with zero attached hydrogens (tertiary/aromatic N) is 4. The van der Waals surface area contributed by atoms with Crippen LogP contribution >= 0.6 is 0 Å². The van der Waals surface area contributed by atoms with Crippen LogP contribution in [0.25, 0.3) is 15.7 Å². The molecule has 0 unspecified atom stereocenters. The molecular weight excluding hydrogens is 388 g/mol. The van der Waals surface area contributed by atoms with Crippen LogP contribution < -0.4 is 0 Å². The molecule has 0 fully saturated rings.